The topological polar surface area (TPSA) is 6.48 Å². The van der Waals surface area contributed by atoms with Crippen molar-refractivity contribution in [3.05, 3.63) is 226 Å². The van der Waals surface area contributed by atoms with E-state index in [0.717, 1.165) is 25.7 Å². The maximum Gasteiger partial charge on any atom is 0.0496 e. The highest BCUT2D eigenvalue weighted by molar-refractivity contribution is 5.96. The lowest BCUT2D eigenvalue weighted by Gasteiger charge is -2.32. The molecule has 4 bridgehead atoms. The fourth-order valence-electron chi connectivity index (χ4n) is 12.8. The van der Waals surface area contributed by atoms with Crippen LogP contribution < -0.4 is 9.80 Å². The first-order chi connectivity index (χ1) is 34.0. The predicted molar refractivity (Wildman–Crippen MR) is 292 cm³/mol. The van der Waals surface area contributed by atoms with E-state index in [0.29, 0.717) is 11.8 Å². The largest absolute Gasteiger partial charge is 0.310 e. The number of hydrogen-bond donors (Lipinski definition) is 0. The van der Waals surface area contributed by atoms with Gasteiger partial charge in [0.15, 0.2) is 0 Å². The summed E-state index contributed by atoms with van der Waals surface area (Å²) in [4.78, 5) is 5.15. The van der Waals surface area contributed by atoms with E-state index in [2.05, 4.69) is 206 Å². The Morgan fingerprint density at radius 2 is 0.855 bits per heavy atom. The van der Waals surface area contributed by atoms with Crippen molar-refractivity contribution in [2.75, 3.05) is 9.80 Å². The second kappa shape index (κ2) is 18.7. The molecule has 8 aromatic carbocycles. The minimum absolute atomic E-state index is 0.155. The molecule has 69 heavy (non-hydrogen) atoms. The van der Waals surface area contributed by atoms with Crippen molar-refractivity contribution in [3.8, 4) is 22.3 Å². The van der Waals surface area contributed by atoms with E-state index < -0.39 is 0 Å². The Morgan fingerprint density at radius 1 is 0.377 bits per heavy atom. The van der Waals surface area contributed by atoms with Crippen LogP contribution in [0, 0.1) is 0 Å². The lowest BCUT2D eigenvalue weighted by atomic mass is 9.81. The lowest BCUT2D eigenvalue weighted by molar-refractivity contribution is 0.443. The number of hydrogen-bond acceptors (Lipinski definition) is 2. The van der Waals surface area contributed by atoms with Gasteiger partial charge in [-0.25, -0.2) is 0 Å². The van der Waals surface area contributed by atoms with Gasteiger partial charge >= 0.3 is 0 Å². The average molecular weight is 899 g/mol. The number of nitrogens with zero attached hydrogens (tertiary/aromatic N) is 2. The zero-order valence-corrected chi connectivity index (χ0v) is 40.8. The minimum Gasteiger partial charge on any atom is -0.310 e. The van der Waals surface area contributed by atoms with Crippen LogP contribution in [0.3, 0.4) is 0 Å². The molecule has 0 heterocycles. The Kier molecular flexibility index (Phi) is 11.8. The Balaban J connectivity index is 0.968. The molecule has 0 saturated heterocycles. The summed E-state index contributed by atoms with van der Waals surface area (Å²) in [5, 5.41) is 0. The highest BCUT2D eigenvalue weighted by atomic mass is 15.2. The summed E-state index contributed by atoms with van der Waals surface area (Å²) in [6.45, 7) is 4.85. The highest BCUT2D eigenvalue weighted by Gasteiger charge is 2.38. The molecule has 0 amide bonds. The summed E-state index contributed by atoms with van der Waals surface area (Å²) in [7, 11) is 0. The first kappa shape index (κ1) is 43.6. The van der Waals surface area contributed by atoms with E-state index in [1.54, 1.807) is 0 Å². The molecular weight excluding hydrogens is 833 g/mol. The zero-order chi connectivity index (χ0) is 46.3. The van der Waals surface area contributed by atoms with Gasteiger partial charge in [-0.1, -0.05) is 174 Å². The number of benzene rings is 8. The highest BCUT2D eigenvalue weighted by Crippen LogP contribution is 2.55. The summed E-state index contributed by atoms with van der Waals surface area (Å²) in [5.74, 6) is 1.34. The predicted octanol–water partition coefficient (Wildman–Crippen LogP) is 18.6. The van der Waals surface area contributed by atoms with Crippen LogP contribution in [0.1, 0.15) is 134 Å². The van der Waals surface area contributed by atoms with E-state index in [4.69, 9.17) is 0 Å². The first-order valence-electron chi connectivity index (χ1n) is 26.4. The molecule has 2 saturated carbocycles. The van der Waals surface area contributed by atoms with E-state index >= 15 is 0 Å². The van der Waals surface area contributed by atoms with Gasteiger partial charge in [-0.3, -0.25) is 0 Å². The van der Waals surface area contributed by atoms with Gasteiger partial charge in [0.25, 0.3) is 0 Å². The Bertz CT molecular complexity index is 3080. The van der Waals surface area contributed by atoms with E-state index in [1.165, 1.54) is 165 Å². The molecule has 0 atom stereocenters. The summed E-state index contributed by atoms with van der Waals surface area (Å²) >= 11 is 0. The van der Waals surface area contributed by atoms with Gasteiger partial charge in [-0.15, -0.1) is 0 Å². The second-order valence-corrected chi connectivity index (χ2v) is 21.2. The molecule has 0 radical (unpaired) electrons. The van der Waals surface area contributed by atoms with Gasteiger partial charge < -0.3 is 9.80 Å². The normalized spacial score (nSPS) is 16.6. The molecule has 2 nitrogen and oxygen atoms in total. The van der Waals surface area contributed by atoms with E-state index in [-0.39, 0.29) is 5.41 Å². The van der Waals surface area contributed by atoms with Gasteiger partial charge in [0.1, 0.15) is 0 Å². The molecule has 0 spiro atoms. The molecule has 0 aromatic heterocycles. The zero-order valence-electron chi connectivity index (χ0n) is 40.8. The summed E-state index contributed by atoms with van der Waals surface area (Å²) in [6.07, 6.45) is 17.1. The van der Waals surface area contributed by atoms with Crippen LogP contribution >= 0.6 is 0 Å². The lowest BCUT2D eigenvalue weighted by Crippen LogP contribution is -2.18. The number of rotatable bonds is 9. The summed E-state index contributed by atoms with van der Waals surface area (Å²) < 4.78 is 0. The molecule has 0 N–H and O–H groups in total. The van der Waals surface area contributed by atoms with Gasteiger partial charge in [-0.05, 0) is 191 Å². The molecule has 2 heteroatoms. The minimum atomic E-state index is -0.155. The van der Waals surface area contributed by atoms with Crippen LogP contribution in [0.25, 0.3) is 22.3 Å². The van der Waals surface area contributed by atoms with E-state index in [1.807, 2.05) is 0 Å². The monoisotopic (exact) mass is 899 g/mol. The van der Waals surface area contributed by atoms with Crippen LogP contribution in [0.15, 0.2) is 182 Å². The Hall–Kier alpha value is -6.64. The number of fused-ring (bicyclic) bond motifs is 3. The third kappa shape index (κ3) is 8.41. The van der Waals surface area contributed by atoms with Crippen molar-refractivity contribution in [3.63, 3.8) is 0 Å². The van der Waals surface area contributed by atoms with E-state index in [9.17, 15) is 0 Å². The van der Waals surface area contributed by atoms with Crippen LogP contribution in [0.4, 0.5) is 34.1 Å². The third-order valence-corrected chi connectivity index (χ3v) is 16.6. The fourth-order valence-corrected chi connectivity index (χ4v) is 12.8. The molecule has 15 rings (SSSR count). The van der Waals surface area contributed by atoms with Crippen molar-refractivity contribution in [2.24, 2.45) is 0 Å². The smallest absolute Gasteiger partial charge is 0.0496 e. The second-order valence-electron chi connectivity index (χ2n) is 21.2. The van der Waals surface area contributed by atoms with Crippen molar-refractivity contribution < 1.29 is 0 Å². The first-order valence-corrected chi connectivity index (χ1v) is 26.4. The van der Waals surface area contributed by atoms with Crippen LogP contribution in [0.2, 0.25) is 0 Å². The van der Waals surface area contributed by atoms with Gasteiger partial charge in [-0.2, -0.15) is 0 Å². The molecular formula is C67H66N2. The average Bonchev–Trinajstić information content (AvgIpc) is 3.64. The number of para-hydroxylation sites is 1. The standard InChI is InChI=1S/C67H66N2/c1-67(2)62-26-16-15-25-60(62)66-61(53-21-11-5-12-22-53)45-59(46-63(66)67)69(58-41-37-52(38-42-58)50-19-9-4-10-20-50)65-44-48-28-32-54-31-27-47(29-33-55(65)34-30-48)43-64(54)68(56-23-13-6-14-24-56)57-39-35-51(36-40-57)49-17-7-3-8-18-49/h5-6,11-16,21-27,30-31,34-46,49-50H,3-4,7-10,17-20,28-29,32-33H2,1-2H3. The molecule has 2 fully saturated rings. The molecule has 8 aromatic rings. The molecule has 7 aliphatic rings. The maximum absolute atomic E-state index is 2.63. The SMILES string of the molecule is CC1(C)c2ccccc2-c2c(-c3ccccc3)cc(N(c3ccc(C4CCCCC4)cc3)c3cc4ccc3CCc3ccc(c(N(c5ccccc5)c5ccc(C6CCCCC6)cc5)c3)CC4)cc21. The van der Waals surface area contributed by atoms with Crippen molar-refractivity contribution >= 4 is 34.1 Å². The fraction of sp³-hybridized carbons (Fsp3) is 0.284. The van der Waals surface area contributed by atoms with Gasteiger partial charge in [0, 0.05) is 39.5 Å². The summed E-state index contributed by atoms with van der Waals surface area (Å²) in [5.41, 5.74) is 23.9. The van der Waals surface area contributed by atoms with Gasteiger partial charge in [0.2, 0.25) is 0 Å². The molecule has 0 aliphatic heterocycles. The number of anilines is 6. The number of aryl methyl sites for hydroxylation is 4. The Labute approximate surface area is 411 Å². The third-order valence-electron chi connectivity index (χ3n) is 16.6. The molecule has 344 valence electrons. The van der Waals surface area contributed by atoms with Crippen molar-refractivity contribution in [1.82, 2.24) is 0 Å². The molecule has 7 aliphatic carbocycles. The van der Waals surface area contributed by atoms with Crippen LogP contribution in [0.5, 0.6) is 0 Å². The van der Waals surface area contributed by atoms with Gasteiger partial charge in [0.05, 0.1) is 0 Å². The van der Waals surface area contributed by atoms with Crippen LogP contribution in [-0.4, -0.2) is 0 Å². The van der Waals surface area contributed by atoms with Crippen molar-refractivity contribution in [2.45, 2.75) is 121 Å². The molecule has 0 unspecified atom stereocenters. The summed E-state index contributed by atoms with van der Waals surface area (Å²) in [6, 6.07) is 70.5. The van der Waals surface area contributed by atoms with Crippen LogP contribution in [-0.2, 0) is 31.1 Å². The quantitative estimate of drug-likeness (QED) is 0.142. The Morgan fingerprint density at radius 3 is 1.41 bits per heavy atom. The maximum atomic E-state index is 2.63. The van der Waals surface area contributed by atoms with Crippen molar-refractivity contribution in [1.29, 1.82) is 0 Å².